The number of hydrogen-bond acceptors (Lipinski definition) is 4. The van der Waals surface area contributed by atoms with Crippen molar-refractivity contribution >= 4 is 0 Å². The van der Waals surface area contributed by atoms with Gasteiger partial charge in [-0.1, -0.05) is 17.1 Å². The molecule has 1 aromatic carbocycles. The Hall–Kier alpha value is -2.39. The average Bonchev–Trinajstić information content (AvgIpc) is 2.84. The van der Waals surface area contributed by atoms with Crippen molar-refractivity contribution in [3.05, 3.63) is 41.5 Å². The molecule has 0 amide bonds. The maximum atomic E-state index is 13.3. The summed E-state index contributed by atoms with van der Waals surface area (Å²) < 4.78 is 20.4. The molecule has 0 aliphatic carbocycles. The molecule has 1 heterocycles. The van der Waals surface area contributed by atoms with Crippen molar-refractivity contribution in [2.45, 2.75) is 13.0 Å². The van der Waals surface area contributed by atoms with Crippen molar-refractivity contribution in [2.75, 3.05) is 6.61 Å². The van der Waals surface area contributed by atoms with E-state index in [2.05, 4.69) is 22.2 Å². The molecule has 0 fully saturated rings. The number of aryl methyl sites for hydroxylation is 1. The van der Waals surface area contributed by atoms with Crippen LogP contribution in [0.5, 0.6) is 5.75 Å². The molecule has 0 radical (unpaired) electrons. The van der Waals surface area contributed by atoms with Crippen molar-refractivity contribution in [3.63, 3.8) is 0 Å². The maximum absolute atomic E-state index is 13.3. The quantitative estimate of drug-likeness (QED) is 0.854. The molecule has 2 rings (SSSR count). The van der Waals surface area contributed by atoms with E-state index in [1.165, 1.54) is 12.1 Å². The van der Waals surface area contributed by atoms with Crippen LogP contribution in [0.1, 0.15) is 17.7 Å². The molecule has 20 heavy (non-hydrogen) atoms. The van der Waals surface area contributed by atoms with Crippen LogP contribution < -0.4 is 4.74 Å². The Morgan fingerprint density at radius 3 is 3.00 bits per heavy atom. The summed E-state index contributed by atoms with van der Waals surface area (Å²) in [6.45, 7) is 0.177. The van der Waals surface area contributed by atoms with Crippen LogP contribution in [0.15, 0.2) is 24.4 Å². The topological polar surface area (TPSA) is 60.2 Å². The first-order valence-corrected chi connectivity index (χ1v) is 6.06. The number of benzene rings is 1. The third-order valence-electron chi connectivity index (χ3n) is 2.43. The van der Waals surface area contributed by atoms with Gasteiger partial charge in [-0.3, -0.25) is 4.68 Å². The largest absolute Gasteiger partial charge is 0.486 e. The molecule has 2 aromatic rings. The second-order valence-corrected chi connectivity index (χ2v) is 4.09. The molecule has 0 spiro atoms. The summed E-state index contributed by atoms with van der Waals surface area (Å²) in [5.41, 5.74) is 1.22. The molecule has 0 bridgehead atoms. The number of halogens is 1. The molecule has 5 nitrogen and oxygen atoms in total. The molecular formula is C14H14FN3O2. The summed E-state index contributed by atoms with van der Waals surface area (Å²) >= 11 is 0. The number of nitrogens with zero attached hydrogens (tertiary/aromatic N) is 3. The fourth-order valence-electron chi connectivity index (χ4n) is 1.55. The van der Waals surface area contributed by atoms with E-state index in [1.54, 1.807) is 24.0 Å². The number of ether oxygens (including phenoxy) is 1. The Morgan fingerprint density at radius 2 is 2.30 bits per heavy atom. The SMILES string of the molecule is Cn1cc(COc2cc(F)ccc2C#CCCO)nn1. The van der Waals surface area contributed by atoms with Gasteiger partial charge in [0.15, 0.2) is 0 Å². The van der Waals surface area contributed by atoms with Gasteiger partial charge < -0.3 is 9.84 Å². The average molecular weight is 275 g/mol. The van der Waals surface area contributed by atoms with Gasteiger partial charge in [-0.2, -0.15) is 0 Å². The summed E-state index contributed by atoms with van der Waals surface area (Å²) in [5, 5.41) is 16.4. The van der Waals surface area contributed by atoms with Crippen molar-refractivity contribution in [1.82, 2.24) is 15.0 Å². The smallest absolute Gasteiger partial charge is 0.138 e. The van der Waals surface area contributed by atoms with Gasteiger partial charge >= 0.3 is 0 Å². The lowest BCUT2D eigenvalue weighted by molar-refractivity contribution is 0.298. The molecule has 6 heteroatoms. The number of rotatable bonds is 4. The summed E-state index contributed by atoms with van der Waals surface area (Å²) in [6.07, 6.45) is 2.08. The lowest BCUT2D eigenvalue weighted by atomic mass is 10.2. The van der Waals surface area contributed by atoms with Crippen LogP contribution >= 0.6 is 0 Å². The molecule has 1 aromatic heterocycles. The zero-order valence-electron chi connectivity index (χ0n) is 11.0. The number of aliphatic hydroxyl groups excluding tert-OH is 1. The van der Waals surface area contributed by atoms with Crippen LogP contribution in [-0.2, 0) is 13.7 Å². The Balaban J connectivity index is 2.13. The summed E-state index contributed by atoms with van der Waals surface area (Å²) in [5.74, 6) is 5.57. The maximum Gasteiger partial charge on any atom is 0.138 e. The third-order valence-corrected chi connectivity index (χ3v) is 2.43. The summed E-state index contributed by atoms with van der Waals surface area (Å²) in [6, 6.07) is 4.14. The minimum atomic E-state index is -0.396. The molecule has 0 aliphatic rings. The second-order valence-electron chi connectivity index (χ2n) is 4.09. The molecule has 0 saturated carbocycles. The Labute approximate surface area is 116 Å². The Bertz CT molecular complexity index is 643. The van der Waals surface area contributed by atoms with E-state index in [1.807, 2.05) is 0 Å². The Kier molecular flexibility index (Phi) is 4.69. The van der Waals surface area contributed by atoms with E-state index < -0.39 is 5.82 Å². The van der Waals surface area contributed by atoms with Gasteiger partial charge in [0.25, 0.3) is 0 Å². The van der Waals surface area contributed by atoms with Crippen LogP contribution in [0, 0.1) is 17.7 Å². The fourth-order valence-corrected chi connectivity index (χ4v) is 1.55. The monoisotopic (exact) mass is 275 g/mol. The van der Waals surface area contributed by atoms with Gasteiger partial charge in [0.1, 0.15) is 23.9 Å². The minimum Gasteiger partial charge on any atom is -0.486 e. The molecule has 104 valence electrons. The van der Waals surface area contributed by atoms with E-state index >= 15 is 0 Å². The Morgan fingerprint density at radius 1 is 1.45 bits per heavy atom. The van der Waals surface area contributed by atoms with Crippen molar-refractivity contribution < 1.29 is 14.2 Å². The van der Waals surface area contributed by atoms with E-state index in [0.717, 1.165) is 0 Å². The predicted octanol–water partition coefficient (Wildman–Crippen LogP) is 1.27. The molecule has 1 N–H and O–H groups in total. The lowest BCUT2D eigenvalue weighted by Gasteiger charge is -2.06. The van der Waals surface area contributed by atoms with Crippen LogP contribution in [-0.4, -0.2) is 26.7 Å². The molecule has 0 saturated heterocycles. The predicted molar refractivity (Wildman–Crippen MR) is 70.3 cm³/mol. The lowest BCUT2D eigenvalue weighted by Crippen LogP contribution is -1.98. The van der Waals surface area contributed by atoms with Crippen LogP contribution in [0.25, 0.3) is 0 Å². The van der Waals surface area contributed by atoms with E-state index in [4.69, 9.17) is 9.84 Å². The molecule has 0 aliphatic heterocycles. The number of aliphatic hydroxyl groups is 1. The summed E-state index contributed by atoms with van der Waals surface area (Å²) in [7, 11) is 1.75. The summed E-state index contributed by atoms with van der Waals surface area (Å²) in [4.78, 5) is 0. The van der Waals surface area contributed by atoms with Crippen molar-refractivity contribution in [1.29, 1.82) is 0 Å². The third kappa shape index (κ3) is 3.80. The normalized spacial score (nSPS) is 9.95. The first-order chi connectivity index (χ1) is 9.69. The highest BCUT2D eigenvalue weighted by Crippen LogP contribution is 2.20. The molecular weight excluding hydrogens is 261 g/mol. The van der Waals surface area contributed by atoms with Crippen LogP contribution in [0.2, 0.25) is 0 Å². The van der Waals surface area contributed by atoms with Gasteiger partial charge in [0.05, 0.1) is 18.4 Å². The standard InChI is InChI=1S/C14H14FN3O2/c1-18-9-13(16-17-18)10-20-14-8-12(15)6-5-11(14)4-2-3-7-19/h5-6,8-9,19H,3,7,10H2,1H3. The zero-order chi connectivity index (χ0) is 14.4. The van der Waals surface area contributed by atoms with Crippen LogP contribution in [0.3, 0.4) is 0 Å². The van der Waals surface area contributed by atoms with Gasteiger partial charge in [-0.25, -0.2) is 4.39 Å². The van der Waals surface area contributed by atoms with E-state index in [9.17, 15) is 4.39 Å². The van der Waals surface area contributed by atoms with Gasteiger partial charge in [0.2, 0.25) is 0 Å². The van der Waals surface area contributed by atoms with Gasteiger partial charge in [-0.05, 0) is 12.1 Å². The fraction of sp³-hybridized carbons (Fsp3) is 0.286. The van der Waals surface area contributed by atoms with Gasteiger partial charge in [-0.15, -0.1) is 5.10 Å². The molecule has 0 unspecified atom stereocenters. The molecule has 0 atom stereocenters. The first-order valence-electron chi connectivity index (χ1n) is 6.06. The highest BCUT2D eigenvalue weighted by atomic mass is 19.1. The highest BCUT2D eigenvalue weighted by Gasteiger charge is 2.06. The number of hydrogen-bond donors (Lipinski definition) is 1. The second kappa shape index (κ2) is 6.68. The van der Waals surface area contributed by atoms with Crippen LogP contribution in [0.4, 0.5) is 4.39 Å². The number of aromatic nitrogens is 3. The van der Waals surface area contributed by atoms with Crippen molar-refractivity contribution in [2.24, 2.45) is 7.05 Å². The van der Waals surface area contributed by atoms with E-state index in [0.29, 0.717) is 23.4 Å². The van der Waals surface area contributed by atoms with Gasteiger partial charge in [0, 0.05) is 19.5 Å². The first kappa shape index (κ1) is 14.0. The van der Waals surface area contributed by atoms with E-state index in [-0.39, 0.29) is 13.2 Å². The minimum absolute atomic E-state index is 0.00993. The zero-order valence-corrected chi connectivity index (χ0v) is 11.0. The van der Waals surface area contributed by atoms with Crippen molar-refractivity contribution in [3.8, 4) is 17.6 Å². The highest BCUT2D eigenvalue weighted by molar-refractivity contribution is 5.46.